The number of rotatable bonds is 6. The quantitative estimate of drug-likeness (QED) is 0.467. The molecule has 13 heteroatoms. The van der Waals surface area contributed by atoms with Gasteiger partial charge in [-0.15, -0.1) is 11.3 Å². The van der Waals surface area contributed by atoms with Crippen LogP contribution in [0.1, 0.15) is 18.9 Å². The van der Waals surface area contributed by atoms with Crippen molar-refractivity contribution in [1.29, 1.82) is 0 Å². The van der Waals surface area contributed by atoms with Gasteiger partial charge in [0.1, 0.15) is 14.1 Å². The largest absolute Gasteiger partial charge is 0.503 e. The third-order valence-electron chi connectivity index (χ3n) is 5.01. The van der Waals surface area contributed by atoms with Gasteiger partial charge in [-0.05, 0) is 24.1 Å². The van der Waals surface area contributed by atoms with Crippen LogP contribution < -0.4 is 4.72 Å². The molecule has 3 aromatic rings. The van der Waals surface area contributed by atoms with Gasteiger partial charge in [-0.2, -0.15) is 5.10 Å². The summed E-state index contributed by atoms with van der Waals surface area (Å²) in [6, 6.07) is 12.8. The minimum atomic E-state index is -3.68. The van der Waals surface area contributed by atoms with Gasteiger partial charge in [-0.3, -0.25) is 0 Å². The molecule has 172 valence electrons. The zero-order chi connectivity index (χ0) is 23.7. The van der Waals surface area contributed by atoms with Gasteiger partial charge in [0.2, 0.25) is 10.0 Å². The van der Waals surface area contributed by atoms with Gasteiger partial charge in [0, 0.05) is 17.7 Å². The number of sulfonamides is 1. The van der Waals surface area contributed by atoms with E-state index >= 15 is 0 Å². The van der Waals surface area contributed by atoms with Gasteiger partial charge in [-0.25, -0.2) is 31.0 Å². The molecule has 32 heavy (non-hydrogen) atoms. The van der Waals surface area contributed by atoms with Crippen LogP contribution in [0.3, 0.4) is 0 Å². The Bertz CT molecular complexity index is 1330. The summed E-state index contributed by atoms with van der Waals surface area (Å²) in [5.41, 5.74) is 0.903. The molecule has 1 fully saturated rings. The number of benzene rings is 1. The molecule has 0 radical (unpaired) electrons. The SMILES string of the molecule is C[C@]1(c2ccccc2)C[C@@H]1NS(=O)(=O)c1ccc(-n2cc(S(C)(=O)=O)cn2)s1.O=C(O)O. The topological polar surface area (TPSA) is 156 Å². The smallest absolute Gasteiger partial charge is 0.450 e. The van der Waals surface area contributed by atoms with E-state index < -0.39 is 26.0 Å². The molecule has 1 aromatic carbocycles. The zero-order valence-corrected chi connectivity index (χ0v) is 19.5. The van der Waals surface area contributed by atoms with Gasteiger partial charge in [0.25, 0.3) is 0 Å². The average Bonchev–Trinajstić information content (AvgIpc) is 3.14. The summed E-state index contributed by atoms with van der Waals surface area (Å²) in [6.45, 7) is 2.05. The van der Waals surface area contributed by atoms with E-state index in [9.17, 15) is 16.8 Å². The molecule has 2 aromatic heterocycles. The fourth-order valence-corrected chi connectivity index (χ4v) is 6.24. The van der Waals surface area contributed by atoms with Crippen molar-refractivity contribution in [2.75, 3.05) is 6.26 Å². The third-order valence-corrected chi connectivity index (χ3v) is 9.12. The van der Waals surface area contributed by atoms with Crippen LogP contribution in [0.25, 0.3) is 5.00 Å². The summed E-state index contributed by atoms with van der Waals surface area (Å²) in [7, 11) is -7.04. The second-order valence-corrected chi connectivity index (χ2v) is 12.4. The van der Waals surface area contributed by atoms with Crippen molar-refractivity contribution >= 4 is 37.4 Å². The fraction of sp³-hybridized carbons (Fsp3) is 0.263. The number of thiophene rings is 1. The number of carboxylic acid groups (broad SMARTS) is 2. The average molecular weight is 500 g/mol. The Morgan fingerprint density at radius 1 is 1.16 bits per heavy atom. The van der Waals surface area contributed by atoms with Crippen LogP contribution in [0.2, 0.25) is 0 Å². The maximum absolute atomic E-state index is 12.8. The normalized spacial score (nSPS) is 20.2. The Hall–Kier alpha value is -2.74. The van der Waals surface area contributed by atoms with Crippen LogP contribution in [-0.4, -0.2) is 55.3 Å². The summed E-state index contributed by atoms with van der Waals surface area (Å²) >= 11 is 1.04. The molecule has 2 atom stereocenters. The van der Waals surface area contributed by atoms with Crippen LogP contribution in [0.5, 0.6) is 0 Å². The van der Waals surface area contributed by atoms with Crippen molar-refractivity contribution in [2.24, 2.45) is 0 Å². The first-order valence-electron chi connectivity index (χ1n) is 9.17. The van der Waals surface area contributed by atoms with Crippen molar-refractivity contribution in [2.45, 2.75) is 33.9 Å². The molecule has 1 aliphatic carbocycles. The molecule has 0 amide bonds. The van der Waals surface area contributed by atoms with Crippen LogP contribution in [0.15, 0.2) is 64.0 Å². The Morgan fingerprint density at radius 2 is 1.78 bits per heavy atom. The minimum Gasteiger partial charge on any atom is -0.450 e. The summed E-state index contributed by atoms with van der Waals surface area (Å²) in [6.07, 6.45) is 2.63. The van der Waals surface area contributed by atoms with Crippen LogP contribution >= 0.6 is 11.3 Å². The van der Waals surface area contributed by atoms with Gasteiger partial charge in [0.15, 0.2) is 9.84 Å². The molecule has 0 unspecified atom stereocenters. The summed E-state index contributed by atoms with van der Waals surface area (Å²) < 4.78 is 53.1. The van der Waals surface area contributed by atoms with E-state index in [2.05, 4.69) is 9.82 Å². The number of hydrogen-bond acceptors (Lipinski definition) is 7. The monoisotopic (exact) mass is 499 g/mol. The minimum absolute atomic E-state index is 0.0834. The highest BCUT2D eigenvalue weighted by Gasteiger charge is 2.53. The van der Waals surface area contributed by atoms with E-state index in [4.69, 9.17) is 15.0 Å². The van der Waals surface area contributed by atoms with E-state index in [0.717, 1.165) is 29.6 Å². The number of nitrogens with one attached hydrogen (secondary N) is 1. The Kier molecular flexibility index (Phi) is 6.47. The molecule has 0 bridgehead atoms. The van der Waals surface area contributed by atoms with E-state index in [1.807, 2.05) is 37.3 Å². The molecule has 3 N–H and O–H groups in total. The predicted molar refractivity (Wildman–Crippen MR) is 118 cm³/mol. The lowest BCUT2D eigenvalue weighted by Crippen LogP contribution is -2.29. The predicted octanol–water partition coefficient (Wildman–Crippen LogP) is 2.57. The molecular weight excluding hydrogens is 478 g/mol. The lowest BCUT2D eigenvalue weighted by atomic mass is 9.98. The number of aromatic nitrogens is 2. The van der Waals surface area contributed by atoms with Crippen LogP contribution in [0.4, 0.5) is 4.79 Å². The standard InChI is InChI=1S/C18H19N3O4S3.CH2O3/c1-18(13-6-4-3-5-7-13)10-15(18)20-28(24,25)17-9-8-16(26-17)21-12-14(11-19-21)27(2,22)23;2-1(3)4/h3-9,11-12,15,20H,10H2,1-2H3;(H2,2,3,4)/t15-,18+;/m0./s1. The highest BCUT2D eigenvalue weighted by atomic mass is 32.2. The maximum atomic E-state index is 12.8. The first-order chi connectivity index (χ1) is 14.8. The van der Waals surface area contributed by atoms with Crippen molar-refractivity contribution in [3.05, 3.63) is 60.4 Å². The number of hydrogen-bond donors (Lipinski definition) is 3. The molecule has 4 rings (SSSR count). The molecule has 2 heterocycles. The maximum Gasteiger partial charge on any atom is 0.503 e. The number of carbonyl (C=O) groups is 1. The Morgan fingerprint density at radius 3 is 2.34 bits per heavy atom. The summed E-state index contributed by atoms with van der Waals surface area (Å²) in [5.74, 6) is 0. The Balaban J connectivity index is 0.000000668. The zero-order valence-electron chi connectivity index (χ0n) is 17.0. The summed E-state index contributed by atoms with van der Waals surface area (Å²) in [4.78, 5) is 8.64. The fourth-order valence-electron chi connectivity index (χ4n) is 3.12. The first kappa shape index (κ1) is 23.9. The van der Waals surface area contributed by atoms with Gasteiger partial charge in [0.05, 0.1) is 12.4 Å². The third kappa shape index (κ3) is 5.35. The van der Waals surface area contributed by atoms with E-state index in [1.54, 1.807) is 6.07 Å². The highest BCUT2D eigenvalue weighted by Crippen LogP contribution is 2.48. The van der Waals surface area contributed by atoms with Crippen molar-refractivity contribution < 1.29 is 31.8 Å². The lowest BCUT2D eigenvalue weighted by molar-refractivity contribution is 0.137. The van der Waals surface area contributed by atoms with E-state index in [1.165, 1.54) is 23.1 Å². The van der Waals surface area contributed by atoms with Gasteiger partial charge in [-0.1, -0.05) is 37.3 Å². The Labute approximate surface area is 189 Å². The molecule has 0 aliphatic heterocycles. The molecular formula is C19H21N3O7S3. The van der Waals surface area contributed by atoms with Crippen molar-refractivity contribution in [3.63, 3.8) is 0 Å². The van der Waals surface area contributed by atoms with E-state index in [-0.39, 0.29) is 20.6 Å². The lowest BCUT2D eigenvalue weighted by Gasteiger charge is -2.12. The van der Waals surface area contributed by atoms with Gasteiger partial charge >= 0.3 is 6.16 Å². The van der Waals surface area contributed by atoms with Gasteiger partial charge < -0.3 is 10.2 Å². The summed E-state index contributed by atoms with van der Waals surface area (Å²) in [5, 5.41) is 18.5. The van der Waals surface area contributed by atoms with Crippen LogP contribution in [-0.2, 0) is 25.3 Å². The highest BCUT2D eigenvalue weighted by molar-refractivity contribution is 7.91. The molecule has 1 aliphatic rings. The molecule has 0 spiro atoms. The van der Waals surface area contributed by atoms with Crippen molar-refractivity contribution in [3.8, 4) is 5.00 Å². The molecule has 0 saturated heterocycles. The number of sulfone groups is 1. The molecule has 10 nitrogen and oxygen atoms in total. The molecule has 1 saturated carbocycles. The number of nitrogens with zero attached hydrogens (tertiary/aromatic N) is 2. The first-order valence-corrected chi connectivity index (χ1v) is 13.4. The second kappa shape index (κ2) is 8.65. The van der Waals surface area contributed by atoms with E-state index in [0.29, 0.717) is 5.00 Å². The van der Waals surface area contributed by atoms with Crippen molar-refractivity contribution in [1.82, 2.24) is 14.5 Å². The van der Waals surface area contributed by atoms with Crippen LogP contribution in [0, 0.1) is 0 Å². The second-order valence-electron chi connectivity index (χ2n) is 7.43.